The van der Waals surface area contributed by atoms with Crippen LogP contribution in [0.25, 0.3) is 10.6 Å². The van der Waals surface area contributed by atoms with E-state index in [-0.39, 0.29) is 11.8 Å². The van der Waals surface area contributed by atoms with Crippen molar-refractivity contribution in [3.63, 3.8) is 0 Å². The molecule has 3 N–H and O–H groups in total. The van der Waals surface area contributed by atoms with Gasteiger partial charge < -0.3 is 20.4 Å². The standard InChI is InChI=1S/C25H27N9OS2/c1-33-10-12-34(13-11-33)24-28-23(27-21-15-19(31-32-21)20-3-2-14-36-20)29-25(30-24)37-18-8-6-17(7-9-18)26-22(35)16-4-5-16/h2-3,6-9,14-16H,4-5,10-13H2,1H3,(H,26,35)(H2,27,28,29,30,31,32). The number of nitrogens with zero attached hydrogens (tertiary/aromatic N) is 6. The average Bonchev–Trinajstić information content (AvgIpc) is 3.41. The first kappa shape index (κ1) is 23.9. The smallest absolute Gasteiger partial charge is 0.234 e. The molecule has 190 valence electrons. The molecule has 37 heavy (non-hydrogen) atoms. The molecule has 12 heteroatoms. The second kappa shape index (κ2) is 10.5. The maximum Gasteiger partial charge on any atom is 0.234 e. The van der Waals surface area contributed by atoms with Crippen LogP contribution >= 0.6 is 23.1 Å². The lowest BCUT2D eigenvalue weighted by atomic mass is 10.3. The van der Waals surface area contributed by atoms with Crippen molar-refractivity contribution in [3.8, 4) is 10.6 Å². The summed E-state index contributed by atoms with van der Waals surface area (Å²) in [5.74, 6) is 2.02. The highest BCUT2D eigenvalue weighted by atomic mass is 32.2. The zero-order valence-corrected chi connectivity index (χ0v) is 22.0. The van der Waals surface area contributed by atoms with Crippen LogP contribution < -0.4 is 15.5 Å². The molecule has 1 aromatic carbocycles. The van der Waals surface area contributed by atoms with Crippen molar-refractivity contribution in [1.29, 1.82) is 0 Å². The van der Waals surface area contributed by atoms with Crippen LogP contribution in [0, 0.1) is 5.92 Å². The van der Waals surface area contributed by atoms with E-state index in [9.17, 15) is 4.79 Å². The maximum absolute atomic E-state index is 12.0. The van der Waals surface area contributed by atoms with Crippen LogP contribution in [0.3, 0.4) is 0 Å². The summed E-state index contributed by atoms with van der Waals surface area (Å²) in [6, 6.07) is 13.8. The van der Waals surface area contributed by atoms with Crippen LogP contribution in [0.1, 0.15) is 12.8 Å². The van der Waals surface area contributed by atoms with Gasteiger partial charge in [0.2, 0.25) is 17.8 Å². The van der Waals surface area contributed by atoms with Gasteiger partial charge >= 0.3 is 0 Å². The maximum atomic E-state index is 12.0. The van der Waals surface area contributed by atoms with Gasteiger partial charge in [-0.15, -0.1) is 11.3 Å². The quantitative estimate of drug-likeness (QED) is 0.305. The first-order valence-electron chi connectivity index (χ1n) is 12.2. The van der Waals surface area contributed by atoms with Gasteiger partial charge in [0.15, 0.2) is 11.0 Å². The van der Waals surface area contributed by atoms with Gasteiger partial charge in [0.05, 0.1) is 10.6 Å². The molecule has 4 heterocycles. The van der Waals surface area contributed by atoms with Gasteiger partial charge in [-0.2, -0.15) is 20.1 Å². The van der Waals surface area contributed by atoms with Crippen LogP contribution in [0.2, 0.25) is 0 Å². The molecular weight excluding hydrogens is 506 g/mol. The Bertz CT molecular complexity index is 1360. The molecule has 0 atom stereocenters. The van der Waals surface area contributed by atoms with E-state index in [0.29, 0.717) is 22.9 Å². The Morgan fingerprint density at radius 1 is 1.08 bits per heavy atom. The molecule has 10 nitrogen and oxygen atoms in total. The average molecular weight is 534 g/mol. The van der Waals surface area contributed by atoms with Crippen molar-refractivity contribution in [2.75, 3.05) is 48.8 Å². The van der Waals surface area contributed by atoms with Gasteiger partial charge in [-0.3, -0.25) is 9.89 Å². The molecule has 6 rings (SSSR count). The fraction of sp³-hybridized carbons (Fsp3) is 0.320. The largest absolute Gasteiger partial charge is 0.338 e. The van der Waals surface area contributed by atoms with Crippen LogP contribution in [-0.2, 0) is 4.79 Å². The van der Waals surface area contributed by atoms with Crippen LogP contribution in [0.5, 0.6) is 0 Å². The molecule has 0 radical (unpaired) electrons. The summed E-state index contributed by atoms with van der Waals surface area (Å²) in [6.07, 6.45) is 1.97. The predicted molar refractivity (Wildman–Crippen MR) is 147 cm³/mol. The number of carbonyl (C=O) groups excluding carboxylic acids is 1. The van der Waals surface area contributed by atoms with E-state index in [1.54, 1.807) is 11.3 Å². The second-order valence-corrected chi connectivity index (χ2v) is 11.2. The fourth-order valence-electron chi connectivity index (χ4n) is 3.96. The number of thiophene rings is 1. The van der Waals surface area contributed by atoms with Crippen molar-refractivity contribution >= 4 is 52.4 Å². The molecule has 0 bridgehead atoms. The zero-order valence-electron chi connectivity index (χ0n) is 20.3. The van der Waals surface area contributed by atoms with E-state index in [2.05, 4.69) is 42.7 Å². The Morgan fingerprint density at radius 3 is 2.62 bits per heavy atom. The molecule has 1 aliphatic heterocycles. The number of hydrogen-bond donors (Lipinski definition) is 3. The molecular formula is C25H27N9OS2. The summed E-state index contributed by atoms with van der Waals surface area (Å²) >= 11 is 3.11. The van der Waals surface area contributed by atoms with Gasteiger partial charge in [-0.1, -0.05) is 6.07 Å². The molecule has 2 fully saturated rings. The highest BCUT2D eigenvalue weighted by Crippen LogP contribution is 2.32. The molecule has 1 saturated carbocycles. The second-order valence-electron chi connectivity index (χ2n) is 9.19. The first-order chi connectivity index (χ1) is 18.1. The molecule has 1 aliphatic carbocycles. The predicted octanol–water partition coefficient (Wildman–Crippen LogP) is 4.32. The third-order valence-corrected chi connectivity index (χ3v) is 8.05. The van der Waals surface area contributed by atoms with E-state index in [1.807, 2.05) is 47.8 Å². The Labute approximate surface area is 222 Å². The lowest BCUT2D eigenvalue weighted by molar-refractivity contribution is -0.117. The number of nitrogens with one attached hydrogen (secondary N) is 3. The number of H-pyrrole nitrogens is 1. The highest BCUT2D eigenvalue weighted by molar-refractivity contribution is 7.99. The van der Waals surface area contributed by atoms with Gasteiger partial charge in [0.25, 0.3) is 0 Å². The van der Waals surface area contributed by atoms with E-state index >= 15 is 0 Å². The Hall–Kier alpha value is -3.48. The number of hydrogen-bond acceptors (Lipinski definition) is 10. The van der Waals surface area contributed by atoms with E-state index in [4.69, 9.17) is 9.97 Å². The molecule has 2 aliphatic rings. The number of anilines is 4. The number of amides is 1. The molecule has 3 aromatic heterocycles. The minimum atomic E-state index is 0.103. The summed E-state index contributed by atoms with van der Waals surface area (Å²) in [4.78, 5) is 32.8. The summed E-state index contributed by atoms with van der Waals surface area (Å²) in [6.45, 7) is 3.61. The molecule has 1 amide bonds. The number of piperazine rings is 1. The van der Waals surface area contributed by atoms with Crippen LogP contribution in [-0.4, -0.2) is 69.2 Å². The SMILES string of the molecule is CN1CCN(c2nc(Nc3cc(-c4cccs4)[nH]n3)nc(Sc3ccc(NC(=O)C4CC4)cc3)n2)CC1. The van der Waals surface area contributed by atoms with Gasteiger partial charge in [-0.25, -0.2) is 0 Å². The Kier molecular flexibility index (Phi) is 6.77. The normalized spacial score (nSPS) is 16.1. The fourth-order valence-corrected chi connectivity index (χ4v) is 5.39. The topological polar surface area (TPSA) is 115 Å². The van der Waals surface area contributed by atoms with Crippen molar-refractivity contribution < 1.29 is 4.79 Å². The van der Waals surface area contributed by atoms with E-state index in [1.165, 1.54) is 11.8 Å². The van der Waals surface area contributed by atoms with Gasteiger partial charge in [0.1, 0.15) is 0 Å². The molecule has 0 spiro atoms. The minimum Gasteiger partial charge on any atom is -0.338 e. The number of aromatic amines is 1. The van der Waals surface area contributed by atoms with Crippen molar-refractivity contribution in [3.05, 3.63) is 47.8 Å². The van der Waals surface area contributed by atoms with Crippen molar-refractivity contribution in [1.82, 2.24) is 30.0 Å². The van der Waals surface area contributed by atoms with Gasteiger partial charge in [-0.05, 0) is 67.4 Å². The summed E-state index contributed by atoms with van der Waals surface area (Å²) in [5, 5.41) is 16.3. The monoisotopic (exact) mass is 533 g/mol. The lowest BCUT2D eigenvalue weighted by Crippen LogP contribution is -2.45. The Morgan fingerprint density at radius 2 is 1.89 bits per heavy atom. The highest BCUT2D eigenvalue weighted by Gasteiger charge is 2.29. The lowest BCUT2D eigenvalue weighted by Gasteiger charge is -2.32. The van der Waals surface area contributed by atoms with Gasteiger partial charge in [0, 0.05) is 48.7 Å². The molecule has 1 saturated heterocycles. The minimum absolute atomic E-state index is 0.103. The third kappa shape index (κ3) is 5.92. The summed E-state index contributed by atoms with van der Waals surface area (Å²) < 4.78 is 0. The summed E-state index contributed by atoms with van der Waals surface area (Å²) in [7, 11) is 2.12. The van der Waals surface area contributed by atoms with E-state index < -0.39 is 0 Å². The van der Waals surface area contributed by atoms with Crippen molar-refractivity contribution in [2.24, 2.45) is 5.92 Å². The Balaban J connectivity index is 1.22. The first-order valence-corrected chi connectivity index (χ1v) is 13.9. The summed E-state index contributed by atoms with van der Waals surface area (Å²) in [5.41, 5.74) is 1.74. The van der Waals surface area contributed by atoms with Crippen molar-refractivity contribution in [2.45, 2.75) is 22.9 Å². The molecule has 0 unspecified atom stereocenters. The number of likely N-dealkylation sites (N-methyl/N-ethyl adjacent to an activating group) is 1. The number of aromatic nitrogens is 5. The van der Waals surface area contributed by atoms with Crippen LogP contribution in [0.4, 0.5) is 23.4 Å². The van der Waals surface area contributed by atoms with E-state index in [0.717, 1.165) is 60.2 Å². The zero-order chi connectivity index (χ0) is 25.2. The number of carbonyl (C=O) groups is 1. The third-order valence-electron chi connectivity index (χ3n) is 6.27. The van der Waals surface area contributed by atoms with Crippen LogP contribution in [0.15, 0.2) is 57.9 Å². The number of benzene rings is 1. The molecule has 4 aromatic rings. The number of rotatable bonds is 8.